The van der Waals surface area contributed by atoms with Gasteiger partial charge in [-0.2, -0.15) is 0 Å². The van der Waals surface area contributed by atoms with E-state index in [1.165, 1.54) is 20.4 Å². The standard InChI is InChI=1S/C17H22N4O4/c1-6-8-13(12(4)24-5)14-9-15(19-10-18-14)21-17(23)20-11(3)16(22)25-7-2/h6,8-11H,1,4,7H2,2-3,5H3,(H2,18,19,20,21,23)/b13-8+. The van der Waals surface area contributed by atoms with Crippen molar-refractivity contribution in [1.82, 2.24) is 15.3 Å². The van der Waals surface area contributed by atoms with Gasteiger partial charge < -0.3 is 14.8 Å². The lowest BCUT2D eigenvalue weighted by Crippen LogP contribution is -2.42. The summed E-state index contributed by atoms with van der Waals surface area (Å²) < 4.78 is 9.94. The Labute approximate surface area is 146 Å². The van der Waals surface area contributed by atoms with Crippen LogP contribution in [0.4, 0.5) is 10.6 Å². The number of allylic oxidation sites excluding steroid dienone is 3. The zero-order valence-corrected chi connectivity index (χ0v) is 14.5. The van der Waals surface area contributed by atoms with E-state index >= 15 is 0 Å². The maximum atomic E-state index is 12.0. The van der Waals surface area contributed by atoms with Crippen LogP contribution >= 0.6 is 0 Å². The van der Waals surface area contributed by atoms with Gasteiger partial charge in [-0.15, -0.1) is 0 Å². The first-order valence-corrected chi connectivity index (χ1v) is 7.55. The quantitative estimate of drug-likeness (QED) is 0.425. The van der Waals surface area contributed by atoms with E-state index in [1.807, 2.05) is 0 Å². The average Bonchev–Trinajstić information content (AvgIpc) is 2.59. The maximum absolute atomic E-state index is 12.0. The fourth-order valence-electron chi connectivity index (χ4n) is 1.80. The van der Waals surface area contributed by atoms with Gasteiger partial charge in [0, 0.05) is 11.6 Å². The summed E-state index contributed by atoms with van der Waals surface area (Å²) in [6.45, 7) is 10.9. The van der Waals surface area contributed by atoms with Crippen LogP contribution in [0.25, 0.3) is 5.57 Å². The zero-order chi connectivity index (χ0) is 18.8. The molecule has 0 saturated carbocycles. The molecule has 1 atom stereocenters. The largest absolute Gasteiger partial charge is 0.497 e. The van der Waals surface area contributed by atoms with Gasteiger partial charge in [-0.05, 0) is 19.9 Å². The Bertz CT molecular complexity index is 685. The molecule has 1 unspecified atom stereocenters. The molecule has 0 aliphatic carbocycles. The van der Waals surface area contributed by atoms with Crippen LogP contribution in [0.15, 0.2) is 43.5 Å². The number of carbonyl (C=O) groups excluding carboxylic acids is 2. The number of nitrogens with zero attached hydrogens (tertiary/aromatic N) is 2. The summed E-state index contributed by atoms with van der Waals surface area (Å²) in [5.41, 5.74) is 1.10. The molecule has 1 aromatic rings. The lowest BCUT2D eigenvalue weighted by Gasteiger charge is -2.13. The minimum atomic E-state index is -0.786. The van der Waals surface area contributed by atoms with Crippen molar-refractivity contribution < 1.29 is 19.1 Å². The van der Waals surface area contributed by atoms with Crippen LogP contribution in [0.5, 0.6) is 0 Å². The molecule has 1 rings (SSSR count). The van der Waals surface area contributed by atoms with Crippen molar-refractivity contribution in [2.75, 3.05) is 19.0 Å². The van der Waals surface area contributed by atoms with E-state index in [-0.39, 0.29) is 12.4 Å². The summed E-state index contributed by atoms with van der Waals surface area (Å²) in [5, 5.41) is 4.99. The fraction of sp³-hybridized carbons (Fsp3) is 0.294. The highest BCUT2D eigenvalue weighted by Crippen LogP contribution is 2.21. The Hall–Kier alpha value is -3.16. The van der Waals surface area contributed by atoms with E-state index in [0.717, 1.165) is 0 Å². The summed E-state index contributed by atoms with van der Waals surface area (Å²) in [7, 11) is 1.49. The lowest BCUT2D eigenvalue weighted by molar-refractivity contribution is -0.144. The van der Waals surface area contributed by atoms with Gasteiger partial charge in [0.25, 0.3) is 0 Å². The second kappa shape index (κ2) is 9.86. The minimum absolute atomic E-state index is 0.240. The smallest absolute Gasteiger partial charge is 0.328 e. The molecule has 134 valence electrons. The van der Waals surface area contributed by atoms with E-state index < -0.39 is 18.0 Å². The Kier molecular flexibility index (Phi) is 7.85. The molecule has 0 radical (unpaired) electrons. The number of anilines is 1. The average molecular weight is 346 g/mol. The van der Waals surface area contributed by atoms with Crippen molar-refractivity contribution in [3.05, 3.63) is 49.2 Å². The van der Waals surface area contributed by atoms with E-state index in [2.05, 4.69) is 33.8 Å². The summed E-state index contributed by atoms with van der Waals surface area (Å²) in [6.07, 6.45) is 4.54. The lowest BCUT2D eigenvalue weighted by atomic mass is 10.1. The number of nitrogens with one attached hydrogen (secondary N) is 2. The maximum Gasteiger partial charge on any atom is 0.328 e. The summed E-state index contributed by atoms with van der Waals surface area (Å²) in [4.78, 5) is 31.6. The molecular weight excluding hydrogens is 324 g/mol. The fourth-order valence-corrected chi connectivity index (χ4v) is 1.80. The molecule has 0 saturated heterocycles. The highest BCUT2D eigenvalue weighted by Gasteiger charge is 2.17. The molecule has 8 nitrogen and oxygen atoms in total. The molecule has 8 heteroatoms. The van der Waals surface area contributed by atoms with Gasteiger partial charge in [0.15, 0.2) is 0 Å². The number of rotatable bonds is 8. The minimum Gasteiger partial charge on any atom is -0.497 e. The van der Waals surface area contributed by atoms with Crippen molar-refractivity contribution >= 4 is 23.4 Å². The predicted molar refractivity (Wildman–Crippen MR) is 94.6 cm³/mol. The first-order chi connectivity index (χ1) is 11.9. The SMILES string of the molecule is C=C/C=C(\C(=C)OC)c1cc(NC(=O)NC(C)C(=O)OCC)ncn1. The second-order valence-corrected chi connectivity index (χ2v) is 4.80. The Balaban J connectivity index is 2.86. The normalized spacial score (nSPS) is 11.9. The third-order valence-corrected chi connectivity index (χ3v) is 3.00. The summed E-state index contributed by atoms with van der Waals surface area (Å²) >= 11 is 0. The van der Waals surface area contributed by atoms with E-state index in [4.69, 9.17) is 9.47 Å². The predicted octanol–water partition coefficient (Wildman–Crippen LogP) is 2.28. The van der Waals surface area contributed by atoms with Crippen molar-refractivity contribution in [2.24, 2.45) is 0 Å². The monoisotopic (exact) mass is 346 g/mol. The van der Waals surface area contributed by atoms with Crippen LogP contribution in [0.2, 0.25) is 0 Å². The third-order valence-electron chi connectivity index (χ3n) is 3.00. The topological polar surface area (TPSA) is 102 Å². The number of aromatic nitrogens is 2. The number of methoxy groups -OCH3 is 1. The van der Waals surface area contributed by atoms with Crippen molar-refractivity contribution in [3.63, 3.8) is 0 Å². The first-order valence-electron chi connectivity index (χ1n) is 7.55. The molecule has 1 aromatic heterocycles. The molecule has 2 N–H and O–H groups in total. The number of ether oxygens (including phenoxy) is 2. The Morgan fingerprint density at radius 1 is 1.40 bits per heavy atom. The van der Waals surface area contributed by atoms with E-state index in [9.17, 15) is 9.59 Å². The number of carbonyl (C=O) groups is 2. The molecule has 25 heavy (non-hydrogen) atoms. The molecule has 1 heterocycles. The van der Waals surface area contributed by atoms with E-state index in [0.29, 0.717) is 17.0 Å². The number of esters is 1. The van der Waals surface area contributed by atoms with Crippen molar-refractivity contribution in [1.29, 1.82) is 0 Å². The number of urea groups is 1. The van der Waals surface area contributed by atoms with Crippen LogP contribution in [-0.2, 0) is 14.3 Å². The van der Waals surface area contributed by atoms with Gasteiger partial charge in [-0.1, -0.05) is 19.2 Å². The van der Waals surface area contributed by atoms with Crippen LogP contribution in [-0.4, -0.2) is 41.7 Å². The van der Waals surface area contributed by atoms with Crippen LogP contribution in [0.3, 0.4) is 0 Å². The molecule has 0 aliphatic heterocycles. The van der Waals surface area contributed by atoms with Gasteiger partial charge in [-0.25, -0.2) is 19.6 Å². The summed E-state index contributed by atoms with van der Waals surface area (Å²) in [5.74, 6) is 0.121. The molecule has 2 amide bonds. The molecule has 0 fully saturated rings. The molecule has 0 bridgehead atoms. The van der Waals surface area contributed by atoms with Crippen LogP contribution in [0.1, 0.15) is 19.5 Å². The third kappa shape index (κ3) is 6.09. The molecule has 0 aromatic carbocycles. The number of hydrogen-bond acceptors (Lipinski definition) is 6. The van der Waals surface area contributed by atoms with Gasteiger partial charge in [0.2, 0.25) is 0 Å². The van der Waals surface area contributed by atoms with Gasteiger partial charge in [0.1, 0.15) is 23.9 Å². The summed E-state index contributed by atoms with van der Waals surface area (Å²) in [6, 6.07) is 0.171. The number of amides is 2. The first kappa shape index (κ1) is 19.9. The van der Waals surface area contributed by atoms with Gasteiger partial charge in [0.05, 0.1) is 19.4 Å². The van der Waals surface area contributed by atoms with Crippen LogP contribution in [0, 0.1) is 0 Å². The highest BCUT2D eigenvalue weighted by atomic mass is 16.5. The van der Waals surface area contributed by atoms with Crippen molar-refractivity contribution in [2.45, 2.75) is 19.9 Å². The van der Waals surface area contributed by atoms with Crippen LogP contribution < -0.4 is 10.6 Å². The highest BCUT2D eigenvalue weighted by molar-refractivity contribution is 5.92. The zero-order valence-electron chi connectivity index (χ0n) is 14.5. The molecule has 0 spiro atoms. The molecular formula is C17H22N4O4. The Morgan fingerprint density at radius 3 is 2.72 bits per heavy atom. The van der Waals surface area contributed by atoms with Gasteiger partial charge >= 0.3 is 12.0 Å². The number of hydrogen-bond donors (Lipinski definition) is 2. The Morgan fingerprint density at radius 2 is 2.12 bits per heavy atom. The molecule has 0 aliphatic rings. The van der Waals surface area contributed by atoms with Crippen molar-refractivity contribution in [3.8, 4) is 0 Å². The second-order valence-electron chi connectivity index (χ2n) is 4.80. The van der Waals surface area contributed by atoms with E-state index in [1.54, 1.807) is 25.1 Å². The van der Waals surface area contributed by atoms with Gasteiger partial charge in [-0.3, -0.25) is 5.32 Å².